The minimum atomic E-state index is 0.422. The summed E-state index contributed by atoms with van der Waals surface area (Å²) in [6.45, 7) is 4.49. The van der Waals surface area contributed by atoms with Crippen molar-refractivity contribution in [3.8, 4) is 0 Å². The van der Waals surface area contributed by atoms with Crippen molar-refractivity contribution in [2.75, 3.05) is 18.4 Å². The van der Waals surface area contributed by atoms with Crippen LogP contribution in [0, 0.1) is 5.92 Å². The van der Waals surface area contributed by atoms with Gasteiger partial charge < -0.3 is 10.6 Å². The predicted molar refractivity (Wildman–Crippen MR) is 78.2 cm³/mol. The molecule has 0 aliphatic carbocycles. The lowest BCUT2D eigenvalue weighted by Gasteiger charge is -2.29. The minimum absolute atomic E-state index is 0.422. The molecule has 1 aliphatic rings. The van der Waals surface area contributed by atoms with Crippen LogP contribution in [0.15, 0.2) is 30.6 Å². The van der Waals surface area contributed by atoms with Crippen molar-refractivity contribution in [1.82, 2.24) is 15.3 Å². The van der Waals surface area contributed by atoms with Gasteiger partial charge >= 0.3 is 0 Å². The molecule has 2 heterocycles. The van der Waals surface area contributed by atoms with Crippen LogP contribution in [-0.4, -0.2) is 29.1 Å². The third-order valence-corrected chi connectivity index (χ3v) is 3.95. The van der Waals surface area contributed by atoms with Gasteiger partial charge in [0.15, 0.2) is 0 Å². The number of aromatic nitrogens is 2. The highest BCUT2D eigenvalue weighted by atomic mass is 15.0. The third kappa shape index (κ3) is 2.68. The van der Waals surface area contributed by atoms with Gasteiger partial charge in [-0.15, -0.1) is 0 Å². The maximum absolute atomic E-state index is 4.40. The third-order valence-electron chi connectivity index (χ3n) is 3.95. The lowest BCUT2D eigenvalue weighted by molar-refractivity contribution is 0.347. The van der Waals surface area contributed by atoms with Crippen LogP contribution in [0.2, 0.25) is 0 Å². The quantitative estimate of drug-likeness (QED) is 0.885. The number of benzene rings is 1. The Hall–Kier alpha value is -1.68. The first-order valence-corrected chi connectivity index (χ1v) is 7.01. The topological polar surface area (TPSA) is 49.8 Å². The first-order valence-electron chi connectivity index (χ1n) is 7.01. The second-order valence-corrected chi connectivity index (χ2v) is 5.28. The number of anilines is 1. The van der Waals surface area contributed by atoms with E-state index < -0.39 is 0 Å². The smallest absolute Gasteiger partial charge is 0.137 e. The Morgan fingerprint density at radius 3 is 3.05 bits per heavy atom. The maximum atomic E-state index is 4.40. The number of fused-ring (bicyclic) bond motifs is 1. The highest BCUT2D eigenvalue weighted by Gasteiger charge is 2.20. The normalized spacial score (nSPS) is 21.2. The summed E-state index contributed by atoms with van der Waals surface area (Å²) in [5.74, 6) is 1.62. The summed E-state index contributed by atoms with van der Waals surface area (Å²) in [7, 11) is 0. The minimum Gasteiger partial charge on any atom is -0.367 e. The summed E-state index contributed by atoms with van der Waals surface area (Å²) in [6.07, 6.45) is 4.18. The van der Waals surface area contributed by atoms with Crippen LogP contribution in [0.1, 0.15) is 19.8 Å². The van der Waals surface area contributed by atoms with Crippen molar-refractivity contribution in [2.24, 2.45) is 5.92 Å². The zero-order chi connectivity index (χ0) is 13.1. The lowest BCUT2D eigenvalue weighted by Crippen LogP contribution is -2.38. The molecule has 2 aromatic rings. The van der Waals surface area contributed by atoms with E-state index in [1.165, 1.54) is 12.8 Å². The van der Waals surface area contributed by atoms with Crippen LogP contribution in [0.4, 0.5) is 5.82 Å². The van der Waals surface area contributed by atoms with E-state index in [-0.39, 0.29) is 0 Å². The number of nitrogens with zero attached hydrogens (tertiary/aromatic N) is 2. The van der Waals surface area contributed by atoms with Crippen molar-refractivity contribution < 1.29 is 0 Å². The molecule has 0 amide bonds. The molecular formula is C15H20N4. The Morgan fingerprint density at radius 1 is 1.32 bits per heavy atom. The van der Waals surface area contributed by atoms with Crippen LogP contribution in [0.5, 0.6) is 0 Å². The average Bonchev–Trinajstić information content (AvgIpc) is 2.48. The van der Waals surface area contributed by atoms with Gasteiger partial charge in [-0.05, 0) is 50.9 Å². The zero-order valence-corrected chi connectivity index (χ0v) is 11.3. The molecule has 1 saturated heterocycles. The molecule has 3 rings (SSSR count). The number of hydrogen-bond donors (Lipinski definition) is 2. The zero-order valence-electron chi connectivity index (χ0n) is 11.3. The van der Waals surface area contributed by atoms with E-state index >= 15 is 0 Å². The molecule has 4 heteroatoms. The standard InChI is InChI=1S/C15H20N4/c1-11(12-5-4-8-16-9-12)19-15-13-6-2-3-7-14(13)17-10-18-15/h2-3,6-7,10-12,16H,4-5,8-9H2,1H3,(H,17,18,19). The van der Waals surface area contributed by atoms with Crippen LogP contribution < -0.4 is 10.6 Å². The fourth-order valence-corrected chi connectivity index (χ4v) is 2.76. The summed E-state index contributed by atoms with van der Waals surface area (Å²) in [5, 5.41) is 8.13. The summed E-state index contributed by atoms with van der Waals surface area (Å²) in [6, 6.07) is 8.56. The molecular weight excluding hydrogens is 236 g/mol. The van der Waals surface area contributed by atoms with E-state index in [0.717, 1.165) is 29.8 Å². The van der Waals surface area contributed by atoms with E-state index in [2.05, 4.69) is 33.6 Å². The Balaban J connectivity index is 1.80. The average molecular weight is 256 g/mol. The summed E-state index contributed by atoms with van der Waals surface area (Å²) in [5.41, 5.74) is 0.994. The second-order valence-electron chi connectivity index (χ2n) is 5.28. The largest absolute Gasteiger partial charge is 0.367 e. The van der Waals surface area contributed by atoms with Crippen molar-refractivity contribution in [3.05, 3.63) is 30.6 Å². The van der Waals surface area contributed by atoms with E-state index in [1.54, 1.807) is 6.33 Å². The fraction of sp³-hybridized carbons (Fsp3) is 0.467. The van der Waals surface area contributed by atoms with Crippen molar-refractivity contribution in [1.29, 1.82) is 0 Å². The second kappa shape index (κ2) is 5.53. The van der Waals surface area contributed by atoms with E-state index in [9.17, 15) is 0 Å². The molecule has 0 spiro atoms. The van der Waals surface area contributed by atoms with Gasteiger partial charge in [-0.2, -0.15) is 0 Å². The number of nitrogens with one attached hydrogen (secondary N) is 2. The highest BCUT2D eigenvalue weighted by molar-refractivity contribution is 5.88. The molecule has 0 radical (unpaired) electrons. The fourth-order valence-electron chi connectivity index (χ4n) is 2.76. The summed E-state index contributed by atoms with van der Waals surface area (Å²) < 4.78 is 0. The maximum Gasteiger partial charge on any atom is 0.137 e. The Labute approximate surface area is 113 Å². The van der Waals surface area contributed by atoms with E-state index in [4.69, 9.17) is 0 Å². The molecule has 0 bridgehead atoms. The number of hydrogen-bond acceptors (Lipinski definition) is 4. The molecule has 2 N–H and O–H groups in total. The molecule has 4 nitrogen and oxygen atoms in total. The molecule has 100 valence electrons. The van der Waals surface area contributed by atoms with Gasteiger partial charge in [0.25, 0.3) is 0 Å². The molecule has 1 aromatic carbocycles. The lowest BCUT2D eigenvalue weighted by atomic mass is 9.93. The molecule has 2 atom stereocenters. The predicted octanol–water partition coefficient (Wildman–Crippen LogP) is 2.43. The van der Waals surface area contributed by atoms with Crippen LogP contribution in [0.3, 0.4) is 0 Å². The first-order chi connectivity index (χ1) is 9.34. The molecule has 1 aromatic heterocycles. The first kappa shape index (κ1) is 12.4. The number of rotatable bonds is 3. The van der Waals surface area contributed by atoms with Crippen LogP contribution >= 0.6 is 0 Å². The van der Waals surface area contributed by atoms with E-state index in [0.29, 0.717) is 12.0 Å². The molecule has 2 unspecified atom stereocenters. The van der Waals surface area contributed by atoms with Gasteiger partial charge in [-0.1, -0.05) is 12.1 Å². The van der Waals surface area contributed by atoms with Crippen LogP contribution in [-0.2, 0) is 0 Å². The highest BCUT2D eigenvalue weighted by Crippen LogP contribution is 2.22. The van der Waals surface area contributed by atoms with E-state index in [1.807, 2.05) is 18.2 Å². The van der Waals surface area contributed by atoms with Crippen molar-refractivity contribution in [3.63, 3.8) is 0 Å². The molecule has 1 aliphatic heterocycles. The van der Waals surface area contributed by atoms with Gasteiger partial charge in [0.2, 0.25) is 0 Å². The Morgan fingerprint density at radius 2 is 2.21 bits per heavy atom. The van der Waals surface area contributed by atoms with Crippen molar-refractivity contribution >= 4 is 16.7 Å². The molecule has 1 fully saturated rings. The number of piperidine rings is 1. The molecule has 19 heavy (non-hydrogen) atoms. The van der Waals surface area contributed by atoms with Crippen molar-refractivity contribution in [2.45, 2.75) is 25.8 Å². The SMILES string of the molecule is CC(Nc1ncnc2ccccc12)C1CCCNC1. The van der Waals surface area contributed by atoms with Gasteiger partial charge in [-0.3, -0.25) is 0 Å². The van der Waals surface area contributed by atoms with Gasteiger partial charge in [0.05, 0.1) is 5.52 Å². The Kier molecular flexibility index (Phi) is 3.60. The van der Waals surface area contributed by atoms with Gasteiger partial charge in [0.1, 0.15) is 12.1 Å². The van der Waals surface area contributed by atoms with Gasteiger partial charge in [0, 0.05) is 11.4 Å². The number of para-hydroxylation sites is 1. The monoisotopic (exact) mass is 256 g/mol. The van der Waals surface area contributed by atoms with Gasteiger partial charge in [-0.25, -0.2) is 9.97 Å². The summed E-state index contributed by atoms with van der Waals surface area (Å²) in [4.78, 5) is 8.70. The molecule has 0 saturated carbocycles. The summed E-state index contributed by atoms with van der Waals surface area (Å²) >= 11 is 0. The van der Waals surface area contributed by atoms with Crippen LogP contribution in [0.25, 0.3) is 10.9 Å². The Bertz CT molecular complexity index is 543.